The van der Waals surface area contributed by atoms with Crippen LogP contribution in [0.15, 0.2) is 34.8 Å². The van der Waals surface area contributed by atoms with E-state index in [4.69, 9.17) is 5.10 Å². The molecule has 2 aliphatic carbocycles. The molecule has 1 atom stereocenters. The number of nitrogens with one attached hydrogen (secondary N) is 1. The van der Waals surface area contributed by atoms with Crippen LogP contribution in [0.1, 0.15) is 48.2 Å². The Morgan fingerprint density at radius 2 is 2.00 bits per heavy atom. The quantitative estimate of drug-likeness (QED) is 0.761. The molecular weight excluding hydrogens is 354 g/mol. The largest absolute Gasteiger partial charge is 0.362 e. The van der Waals surface area contributed by atoms with Crippen molar-refractivity contribution < 1.29 is 0 Å². The summed E-state index contributed by atoms with van der Waals surface area (Å²) in [6, 6.07) is 10.7. The SMILES string of the molecule is Brc1cccc2c1CCC2Nc1ccc2nnc(C3CC3)n2n1. The molecule has 1 aromatic carbocycles. The van der Waals surface area contributed by atoms with E-state index in [0.717, 1.165) is 30.1 Å². The molecule has 1 saturated carbocycles. The molecular formula is C17H16BrN5. The number of fused-ring (bicyclic) bond motifs is 2. The molecule has 0 aliphatic heterocycles. The van der Waals surface area contributed by atoms with Crippen molar-refractivity contribution >= 4 is 27.4 Å². The van der Waals surface area contributed by atoms with E-state index in [1.54, 1.807) is 0 Å². The second kappa shape index (κ2) is 5.03. The minimum Gasteiger partial charge on any atom is -0.362 e. The van der Waals surface area contributed by atoms with Crippen LogP contribution < -0.4 is 5.32 Å². The van der Waals surface area contributed by atoms with Crippen molar-refractivity contribution in [3.05, 3.63) is 51.8 Å². The minimum atomic E-state index is 0.313. The Morgan fingerprint density at radius 1 is 1.09 bits per heavy atom. The molecule has 1 unspecified atom stereocenters. The highest BCUT2D eigenvalue weighted by atomic mass is 79.9. The van der Waals surface area contributed by atoms with E-state index in [2.05, 4.69) is 49.6 Å². The van der Waals surface area contributed by atoms with Crippen molar-refractivity contribution in [2.24, 2.45) is 0 Å². The fourth-order valence-corrected chi connectivity index (χ4v) is 4.00. The van der Waals surface area contributed by atoms with Crippen molar-refractivity contribution in [2.45, 2.75) is 37.6 Å². The minimum absolute atomic E-state index is 0.313. The van der Waals surface area contributed by atoms with Gasteiger partial charge in [0, 0.05) is 10.4 Å². The Kier molecular flexibility index (Phi) is 2.95. The standard InChI is InChI=1S/C17H16BrN5/c18-13-3-1-2-12-11(13)6-7-14(12)19-15-8-9-16-20-21-17(10-4-5-10)23(16)22-15/h1-3,8-10,14H,4-7H2,(H,19,22). The summed E-state index contributed by atoms with van der Waals surface area (Å²) in [5, 5.41) is 16.8. The average molecular weight is 370 g/mol. The van der Waals surface area contributed by atoms with Gasteiger partial charge in [0.2, 0.25) is 0 Å². The molecule has 5 rings (SSSR count). The highest BCUT2D eigenvalue weighted by Crippen LogP contribution is 2.39. The summed E-state index contributed by atoms with van der Waals surface area (Å²) in [6.45, 7) is 0. The van der Waals surface area contributed by atoms with Gasteiger partial charge in [-0.05, 0) is 55.0 Å². The molecule has 0 bridgehead atoms. The predicted octanol–water partition coefficient (Wildman–Crippen LogP) is 3.86. The van der Waals surface area contributed by atoms with E-state index in [9.17, 15) is 0 Å². The van der Waals surface area contributed by atoms with Crippen molar-refractivity contribution in [1.82, 2.24) is 19.8 Å². The first-order valence-electron chi connectivity index (χ1n) is 8.06. The van der Waals surface area contributed by atoms with Crippen LogP contribution in [0.2, 0.25) is 0 Å². The Bertz CT molecular complexity index is 899. The Hall–Kier alpha value is -1.95. The number of nitrogens with zero attached hydrogens (tertiary/aromatic N) is 4. The van der Waals surface area contributed by atoms with Crippen LogP contribution in [0.4, 0.5) is 5.82 Å². The summed E-state index contributed by atoms with van der Waals surface area (Å²) >= 11 is 3.66. The van der Waals surface area contributed by atoms with Crippen molar-refractivity contribution in [1.29, 1.82) is 0 Å². The van der Waals surface area contributed by atoms with Crippen LogP contribution in [-0.4, -0.2) is 19.8 Å². The third kappa shape index (κ3) is 2.24. The lowest BCUT2D eigenvalue weighted by Crippen LogP contribution is -2.10. The van der Waals surface area contributed by atoms with Gasteiger partial charge in [-0.1, -0.05) is 28.1 Å². The first-order chi connectivity index (χ1) is 11.3. The summed E-state index contributed by atoms with van der Waals surface area (Å²) in [6.07, 6.45) is 4.58. The molecule has 0 radical (unpaired) electrons. The van der Waals surface area contributed by atoms with E-state index < -0.39 is 0 Å². The highest BCUT2D eigenvalue weighted by Gasteiger charge is 2.29. The number of benzene rings is 1. The molecule has 5 nitrogen and oxygen atoms in total. The average Bonchev–Trinajstić information content (AvgIpc) is 3.19. The van der Waals surface area contributed by atoms with Crippen LogP contribution in [0.3, 0.4) is 0 Å². The lowest BCUT2D eigenvalue weighted by molar-refractivity contribution is 0.743. The number of hydrogen-bond acceptors (Lipinski definition) is 4. The molecule has 0 spiro atoms. The normalized spacial score (nSPS) is 20.0. The number of halogens is 1. The predicted molar refractivity (Wildman–Crippen MR) is 91.6 cm³/mol. The van der Waals surface area contributed by atoms with Gasteiger partial charge < -0.3 is 5.32 Å². The maximum absolute atomic E-state index is 4.72. The van der Waals surface area contributed by atoms with Crippen LogP contribution in [-0.2, 0) is 6.42 Å². The van der Waals surface area contributed by atoms with Crippen LogP contribution in [0, 0.1) is 0 Å². The maximum atomic E-state index is 4.72. The van der Waals surface area contributed by atoms with Gasteiger partial charge >= 0.3 is 0 Å². The molecule has 3 aromatic rings. The lowest BCUT2D eigenvalue weighted by atomic mass is 10.1. The van der Waals surface area contributed by atoms with Crippen molar-refractivity contribution in [3.63, 3.8) is 0 Å². The first-order valence-corrected chi connectivity index (χ1v) is 8.85. The van der Waals surface area contributed by atoms with Gasteiger partial charge in [-0.15, -0.1) is 15.3 Å². The number of rotatable bonds is 3. The van der Waals surface area contributed by atoms with Crippen molar-refractivity contribution in [2.75, 3.05) is 5.32 Å². The topological polar surface area (TPSA) is 55.1 Å². The van der Waals surface area contributed by atoms with Crippen LogP contribution in [0.5, 0.6) is 0 Å². The molecule has 23 heavy (non-hydrogen) atoms. The summed E-state index contributed by atoms with van der Waals surface area (Å²) in [4.78, 5) is 0. The molecule has 2 aliphatic rings. The molecule has 0 amide bonds. The van der Waals surface area contributed by atoms with E-state index >= 15 is 0 Å². The molecule has 2 aromatic heterocycles. The van der Waals surface area contributed by atoms with E-state index in [1.165, 1.54) is 28.4 Å². The number of aromatic nitrogens is 4. The Balaban J connectivity index is 1.48. The zero-order valence-corrected chi connectivity index (χ0v) is 14.1. The van der Waals surface area contributed by atoms with E-state index in [1.807, 2.05) is 16.6 Å². The van der Waals surface area contributed by atoms with Crippen LogP contribution >= 0.6 is 15.9 Å². The van der Waals surface area contributed by atoms with Gasteiger partial charge in [0.25, 0.3) is 0 Å². The van der Waals surface area contributed by atoms with E-state index in [-0.39, 0.29) is 0 Å². The fourth-order valence-electron chi connectivity index (χ4n) is 3.42. The van der Waals surface area contributed by atoms with Gasteiger partial charge in [-0.3, -0.25) is 0 Å². The van der Waals surface area contributed by atoms with Gasteiger partial charge in [-0.2, -0.15) is 4.52 Å². The van der Waals surface area contributed by atoms with Crippen molar-refractivity contribution in [3.8, 4) is 0 Å². The fraction of sp³-hybridized carbons (Fsp3) is 0.353. The zero-order chi connectivity index (χ0) is 15.4. The van der Waals surface area contributed by atoms with Gasteiger partial charge in [0.05, 0.1) is 6.04 Å². The molecule has 6 heteroatoms. The Labute approximate surface area is 142 Å². The monoisotopic (exact) mass is 369 g/mol. The number of anilines is 1. The molecule has 1 fully saturated rings. The smallest absolute Gasteiger partial charge is 0.178 e. The Morgan fingerprint density at radius 3 is 2.87 bits per heavy atom. The van der Waals surface area contributed by atoms with Gasteiger partial charge in [0.15, 0.2) is 11.5 Å². The molecule has 2 heterocycles. The highest BCUT2D eigenvalue weighted by molar-refractivity contribution is 9.10. The van der Waals surface area contributed by atoms with Crippen LogP contribution in [0.25, 0.3) is 5.65 Å². The summed E-state index contributed by atoms with van der Waals surface area (Å²) in [7, 11) is 0. The third-order valence-corrected chi connectivity index (χ3v) is 5.51. The molecule has 1 N–H and O–H groups in total. The zero-order valence-electron chi connectivity index (χ0n) is 12.5. The summed E-state index contributed by atoms with van der Waals surface area (Å²) in [5.74, 6) is 2.42. The first kappa shape index (κ1) is 13.5. The van der Waals surface area contributed by atoms with Gasteiger partial charge in [-0.25, -0.2) is 0 Å². The van der Waals surface area contributed by atoms with Gasteiger partial charge in [0.1, 0.15) is 5.82 Å². The third-order valence-electron chi connectivity index (χ3n) is 4.77. The molecule has 116 valence electrons. The maximum Gasteiger partial charge on any atom is 0.178 e. The second-order valence-electron chi connectivity index (χ2n) is 6.36. The second-order valence-corrected chi connectivity index (χ2v) is 7.22. The van der Waals surface area contributed by atoms with E-state index in [0.29, 0.717) is 12.0 Å². The summed E-state index contributed by atoms with van der Waals surface area (Å²) < 4.78 is 3.11. The lowest BCUT2D eigenvalue weighted by Gasteiger charge is -2.15. The molecule has 0 saturated heterocycles. The summed E-state index contributed by atoms with van der Waals surface area (Å²) in [5.41, 5.74) is 3.61. The number of hydrogen-bond donors (Lipinski definition) is 1.